The summed E-state index contributed by atoms with van der Waals surface area (Å²) in [5, 5.41) is 3.20. The van der Waals surface area contributed by atoms with Gasteiger partial charge in [-0.15, -0.1) is 0 Å². The van der Waals surface area contributed by atoms with Crippen LogP contribution in [-0.2, 0) is 13.0 Å². The first-order valence-electron chi connectivity index (χ1n) is 10.3. The summed E-state index contributed by atoms with van der Waals surface area (Å²) in [4.78, 5) is 29.9. The van der Waals surface area contributed by atoms with Gasteiger partial charge in [-0.3, -0.25) is 9.20 Å². The van der Waals surface area contributed by atoms with Crippen LogP contribution in [0.25, 0.3) is 16.6 Å². The van der Waals surface area contributed by atoms with Crippen molar-refractivity contribution in [1.82, 2.24) is 24.3 Å². The number of ketones is 1. The predicted molar refractivity (Wildman–Crippen MR) is 116 cm³/mol. The van der Waals surface area contributed by atoms with Crippen molar-refractivity contribution in [1.29, 1.82) is 0 Å². The van der Waals surface area contributed by atoms with Crippen LogP contribution in [-0.4, -0.2) is 36.7 Å². The molecule has 1 N–H and O–H groups in total. The fraction of sp³-hybridized carbons (Fsp3) is 0.261. The minimum Gasteiger partial charge on any atom is -0.493 e. The van der Waals surface area contributed by atoms with E-state index in [9.17, 15) is 9.18 Å². The number of Topliss-reactive ketones (excluding diaryl/α,β-unsaturated/α-hetero) is 1. The fourth-order valence-corrected chi connectivity index (χ4v) is 4.12. The smallest absolute Gasteiger partial charge is 0.208 e. The Kier molecular flexibility index (Phi) is 4.80. The quantitative estimate of drug-likeness (QED) is 0.481. The molecule has 0 unspecified atom stereocenters. The van der Waals surface area contributed by atoms with E-state index in [1.807, 2.05) is 13.8 Å². The van der Waals surface area contributed by atoms with E-state index < -0.39 is 0 Å². The molecular weight excluding hydrogens is 411 g/mol. The van der Waals surface area contributed by atoms with Gasteiger partial charge in [0.15, 0.2) is 5.78 Å². The van der Waals surface area contributed by atoms with Crippen LogP contribution < -0.4 is 10.1 Å². The van der Waals surface area contributed by atoms with Gasteiger partial charge in [-0.05, 0) is 26.0 Å². The number of carbonyl (C=O) groups is 1. The fourth-order valence-electron chi connectivity index (χ4n) is 4.12. The largest absolute Gasteiger partial charge is 0.493 e. The van der Waals surface area contributed by atoms with E-state index >= 15 is 0 Å². The molecule has 1 aliphatic rings. The van der Waals surface area contributed by atoms with E-state index in [0.29, 0.717) is 52.9 Å². The van der Waals surface area contributed by atoms with Crippen molar-refractivity contribution in [3.8, 4) is 16.9 Å². The van der Waals surface area contributed by atoms with E-state index in [0.717, 1.165) is 16.8 Å². The zero-order valence-electron chi connectivity index (χ0n) is 17.9. The number of ether oxygens (including phenoxy) is 1. The lowest BCUT2D eigenvalue weighted by molar-refractivity contribution is 0.101. The summed E-state index contributed by atoms with van der Waals surface area (Å²) in [6.45, 7) is 5.95. The van der Waals surface area contributed by atoms with Gasteiger partial charge in [-0.1, -0.05) is 0 Å². The number of anilines is 1. The second-order valence-electron chi connectivity index (χ2n) is 7.73. The van der Waals surface area contributed by atoms with Crippen LogP contribution in [0.3, 0.4) is 0 Å². The summed E-state index contributed by atoms with van der Waals surface area (Å²) in [5.41, 5.74) is 4.60. The third-order valence-corrected chi connectivity index (χ3v) is 5.65. The number of rotatable bonds is 5. The molecular formula is C23H21FN6O2. The summed E-state index contributed by atoms with van der Waals surface area (Å²) in [6, 6.07) is 3.08. The molecule has 0 aliphatic carbocycles. The summed E-state index contributed by atoms with van der Waals surface area (Å²) in [6.07, 6.45) is 5.60. The van der Waals surface area contributed by atoms with E-state index in [4.69, 9.17) is 4.74 Å². The van der Waals surface area contributed by atoms with Crippen LogP contribution in [0.15, 0.2) is 30.9 Å². The number of aryl methyl sites for hydroxylation is 2. The first-order valence-corrected chi connectivity index (χ1v) is 10.3. The molecule has 0 amide bonds. The van der Waals surface area contributed by atoms with Crippen molar-refractivity contribution >= 4 is 17.2 Å². The second kappa shape index (κ2) is 7.67. The van der Waals surface area contributed by atoms with Gasteiger partial charge in [-0.25, -0.2) is 24.3 Å². The molecule has 162 valence electrons. The van der Waals surface area contributed by atoms with E-state index in [-0.39, 0.29) is 18.1 Å². The number of halogens is 1. The second-order valence-corrected chi connectivity index (χ2v) is 7.73. The highest BCUT2D eigenvalue weighted by Crippen LogP contribution is 2.32. The maximum Gasteiger partial charge on any atom is 0.208 e. The number of hydrogen-bond acceptors (Lipinski definition) is 7. The molecule has 1 aromatic carbocycles. The van der Waals surface area contributed by atoms with E-state index in [2.05, 4.69) is 25.3 Å². The molecule has 0 fully saturated rings. The molecule has 32 heavy (non-hydrogen) atoms. The number of carbonyl (C=O) groups excluding carboxylic acids is 1. The van der Waals surface area contributed by atoms with Gasteiger partial charge in [0.2, 0.25) is 5.95 Å². The number of benzene rings is 1. The van der Waals surface area contributed by atoms with E-state index in [1.165, 1.54) is 13.0 Å². The van der Waals surface area contributed by atoms with Crippen LogP contribution in [0.2, 0.25) is 0 Å². The number of imidazole rings is 1. The Bertz CT molecular complexity index is 1380. The number of aromatic nitrogens is 5. The first kappa shape index (κ1) is 20.0. The van der Waals surface area contributed by atoms with Crippen LogP contribution in [0.1, 0.15) is 40.1 Å². The van der Waals surface area contributed by atoms with Crippen LogP contribution in [0.5, 0.6) is 5.75 Å². The minimum absolute atomic E-state index is 0.166. The highest BCUT2D eigenvalue weighted by molar-refractivity contribution is 6.03. The molecule has 0 spiro atoms. The Morgan fingerprint density at radius 1 is 1.19 bits per heavy atom. The SMILES string of the molecule is CC(=O)c1ncn2c(NCc3c(F)ccc4c3CCO4)ncc(-c3cnc(C)nc3C)c12. The zero-order valence-corrected chi connectivity index (χ0v) is 17.9. The molecule has 0 saturated heterocycles. The lowest BCUT2D eigenvalue weighted by atomic mass is 10.0. The minimum atomic E-state index is -0.294. The third kappa shape index (κ3) is 3.26. The van der Waals surface area contributed by atoms with Crippen molar-refractivity contribution < 1.29 is 13.9 Å². The molecule has 9 heteroatoms. The summed E-state index contributed by atoms with van der Waals surface area (Å²) in [7, 11) is 0. The van der Waals surface area contributed by atoms with Crippen molar-refractivity contribution in [2.75, 3.05) is 11.9 Å². The van der Waals surface area contributed by atoms with Crippen molar-refractivity contribution in [3.63, 3.8) is 0 Å². The highest BCUT2D eigenvalue weighted by atomic mass is 19.1. The Hall–Kier alpha value is -3.88. The molecule has 0 bridgehead atoms. The number of nitrogens with one attached hydrogen (secondary N) is 1. The van der Waals surface area contributed by atoms with Gasteiger partial charge in [0.05, 0.1) is 12.1 Å². The van der Waals surface area contributed by atoms with Crippen molar-refractivity contribution in [2.45, 2.75) is 33.7 Å². The molecule has 8 nitrogen and oxygen atoms in total. The van der Waals surface area contributed by atoms with Crippen molar-refractivity contribution in [3.05, 3.63) is 65.0 Å². The Labute approximate surface area is 183 Å². The number of nitrogens with zero attached hydrogens (tertiary/aromatic N) is 5. The predicted octanol–water partition coefficient (Wildman–Crippen LogP) is 3.69. The molecule has 1 aliphatic heterocycles. The van der Waals surface area contributed by atoms with Gasteiger partial charge in [0, 0.05) is 60.2 Å². The number of fused-ring (bicyclic) bond motifs is 2. The molecule has 3 aromatic heterocycles. The lowest BCUT2D eigenvalue weighted by Gasteiger charge is -2.14. The molecule has 5 rings (SSSR count). The molecule has 4 heterocycles. The van der Waals surface area contributed by atoms with Gasteiger partial charge >= 0.3 is 0 Å². The standard InChI is InChI=1S/C23H21FN6O2/c1-12-16(8-25-14(3)29-12)18-10-27-23(30-11-28-21(13(2)31)22(18)30)26-9-17-15-6-7-32-20(15)5-4-19(17)24/h4-5,8,10-11H,6-7,9H2,1-3H3,(H,26,27). The van der Waals surface area contributed by atoms with Gasteiger partial charge < -0.3 is 10.1 Å². The summed E-state index contributed by atoms with van der Waals surface area (Å²) >= 11 is 0. The van der Waals surface area contributed by atoms with Crippen LogP contribution in [0, 0.1) is 19.7 Å². The molecule has 0 radical (unpaired) electrons. The Morgan fingerprint density at radius 3 is 2.78 bits per heavy atom. The Morgan fingerprint density at radius 2 is 2.00 bits per heavy atom. The Balaban J connectivity index is 1.59. The van der Waals surface area contributed by atoms with Gasteiger partial charge in [0.25, 0.3) is 0 Å². The molecule has 0 saturated carbocycles. The zero-order chi connectivity index (χ0) is 22.4. The number of hydrogen-bond donors (Lipinski definition) is 1. The van der Waals surface area contributed by atoms with Gasteiger partial charge in [0.1, 0.15) is 29.4 Å². The maximum atomic E-state index is 14.5. The van der Waals surface area contributed by atoms with Crippen LogP contribution in [0.4, 0.5) is 10.3 Å². The van der Waals surface area contributed by atoms with Crippen molar-refractivity contribution in [2.24, 2.45) is 0 Å². The maximum absolute atomic E-state index is 14.5. The summed E-state index contributed by atoms with van der Waals surface area (Å²) < 4.78 is 21.8. The normalized spacial score (nSPS) is 12.6. The monoisotopic (exact) mass is 432 g/mol. The van der Waals surface area contributed by atoms with E-state index in [1.54, 1.807) is 29.2 Å². The van der Waals surface area contributed by atoms with Gasteiger partial charge in [-0.2, -0.15) is 0 Å². The molecule has 4 aromatic rings. The van der Waals surface area contributed by atoms with Crippen LogP contribution >= 0.6 is 0 Å². The first-order chi connectivity index (χ1) is 15.4. The average Bonchev–Trinajstić information content (AvgIpc) is 3.41. The summed E-state index contributed by atoms with van der Waals surface area (Å²) in [5.74, 6) is 1.37. The highest BCUT2D eigenvalue weighted by Gasteiger charge is 2.22. The molecule has 0 atom stereocenters. The topological polar surface area (TPSA) is 94.3 Å². The lowest BCUT2D eigenvalue weighted by Crippen LogP contribution is -2.10. The third-order valence-electron chi connectivity index (χ3n) is 5.65. The average molecular weight is 432 g/mol.